The van der Waals surface area contributed by atoms with Gasteiger partial charge in [-0.2, -0.15) is 0 Å². The predicted molar refractivity (Wildman–Crippen MR) is 163 cm³/mol. The van der Waals surface area contributed by atoms with E-state index in [0.717, 1.165) is 51.4 Å². The molecule has 6 rings (SSSR count). The van der Waals surface area contributed by atoms with Crippen LogP contribution in [0.3, 0.4) is 0 Å². The molecule has 0 radical (unpaired) electrons. The van der Waals surface area contributed by atoms with Crippen molar-refractivity contribution in [3.8, 4) is 0 Å². The molecule has 4 fully saturated rings. The highest BCUT2D eigenvalue weighted by Crippen LogP contribution is 2.51. The van der Waals surface area contributed by atoms with Crippen LogP contribution < -0.4 is 0 Å². The van der Waals surface area contributed by atoms with Crippen LogP contribution in [0.4, 0.5) is 0 Å². The fraction of sp³-hybridized carbons (Fsp3) is 0.812. The molecule has 4 bridgehead atoms. The molecule has 216 valence electrons. The van der Waals surface area contributed by atoms with Gasteiger partial charge in [0, 0.05) is 51.4 Å². The summed E-state index contributed by atoms with van der Waals surface area (Å²) in [5, 5.41) is 0. The van der Waals surface area contributed by atoms with E-state index in [1.807, 2.05) is 13.8 Å². The van der Waals surface area contributed by atoms with E-state index in [1.165, 1.54) is 11.1 Å². The summed E-state index contributed by atoms with van der Waals surface area (Å²) in [6.45, 7) is 27.1. The minimum absolute atomic E-state index is 0. The van der Waals surface area contributed by atoms with Crippen LogP contribution >= 0.6 is 24.0 Å². The monoisotopic (exact) mass is 650 g/mol. The molecule has 0 amide bonds. The first kappa shape index (κ1) is 31.0. The van der Waals surface area contributed by atoms with Gasteiger partial charge in [0.1, 0.15) is 11.2 Å². The number of fused-ring (bicyclic) bond motifs is 2. The van der Waals surface area contributed by atoms with Gasteiger partial charge in [-0.25, -0.2) is 13.1 Å². The minimum atomic E-state index is -0.189. The Hall–Kier alpha value is -0.970. The van der Waals surface area contributed by atoms with Crippen molar-refractivity contribution in [1.82, 2.24) is 0 Å². The van der Waals surface area contributed by atoms with Gasteiger partial charge in [-0.1, -0.05) is 37.1 Å². The zero-order valence-corrected chi connectivity index (χ0v) is 26.9. The average molecular weight is 651 g/mol. The van der Waals surface area contributed by atoms with E-state index in [1.54, 1.807) is 0 Å². The maximum atomic E-state index is 7.10. The summed E-state index contributed by atoms with van der Waals surface area (Å²) in [6, 6.07) is 0.118. The van der Waals surface area contributed by atoms with E-state index in [2.05, 4.69) is 49.5 Å². The second-order valence-corrected chi connectivity index (χ2v) is 13.1. The Morgan fingerprint density at radius 3 is 1.51 bits per heavy atom. The molecular formula is C32H47IN2O4. The van der Waals surface area contributed by atoms with E-state index < -0.39 is 0 Å². The Morgan fingerprint density at radius 2 is 1.15 bits per heavy atom. The van der Waals surface area contributed by atoms with Crippen LogP contribution in [0.15, 0.2) is 23.3 Å². The highest BCUT2D eigenvalue weighted by Gasteiger charge is 2.56. The molecule has 2 aliphatic carbocycles. The number of hydrogen-bond donors (Lipinski definition) is 0. The summed E-state index contributed by atoms with van der Waals surface area (Å²) in [6.07, 6.45) is 14.1. The van der Waals surface area contributed by atoms with E-state index in [9.17, 15) is 0 Å². The average Bonchev–Trinajstić information content (AvgIpc) is 3.39. The quantitative estimate of drug-likeness (QED) is 0.182. The van der Waals surface area contributed by atoms with E-state index in [-0.39, 0.29) is 71.7 Å². The lowest BCUT2D eigenvalue weighted by Crippen LogP contribution is -2.48. The third-order valence-electron chi connectivity index (χ3n) is 10.2. The van der Waals surface area contributed by atoms with Crippen LogP contribution in [0.2, 0.25) is 0 Å². The fourth-order valence-corrected chi connectivity index (χ4v) is 7.71. The largest absolute Gasteiger partial charge is 0.371 e. The van der Waals surface area contributed by atoms with Crippen LogP contribution in [-0.2, 0) is 18.9 Å². The predicted octanol–water partition coefficient (Wildman–Crippen LogP) is 7.33. The molecule has 0 N–H and O–H groups in total. The molecule has 4 heterocycles. The van der Waals surface area contributed by atoms with Gasteiger partial charge in [0.25, 0.3) is 0 Å². The summed E-state index contributed by atoms with van der Waals surface area (Å²) in [5.41, 5.74) is 2.42. The molecule has 0 aromatic carbocycles. The van der Waals surface area contributed by atoms with Crippen LogP contribution in [0, 0.1) is 25.0 Å². The smallest absolute Gasteiger partial charge is 0.223 e. The first-order valence-electron chi connectivity index (χ1n) is 14.9. The molecule has 0 aromatic heterocycles. The molecule has 6 nitrogen and oxygen atoms in total. The first-order valence-corrected chi connectivity index (χ1v) is 14.9. The number of ether oxygens (including phenoxy) is 4. The molecule has 0 saturated carbocycles. The Morgan fingerprint density at radius 1 is 0.769 bits per heavy atom. The molecule has 12 atom stereocenters. The van der Waals surface area contributed by atoms with Gasteiger partial charge >= 0.3 is 0 Å². The minimum Gasteiger partial charge on any atom is -0.371 e. The molecular weight excluding hydrogens is 603 g/mol. The van der Waals surface area contributed by atoms with Gasteiger partial charge in [-0.15, -0.1) is 24.0 Å². The maximum Gasteiger partial charge on any atom is 0.223 e. The topological polar surface area (TPSA) is 45.6 Å². The molecule has 7 heteroatoms. The second-order valence-electron chi connectivity index (χ2n) is 13.1. The summed E-state index contributed by atoms with van der Waals surface area (Å²) in [5.74, 6) is 1.03. The maximum absolute atomic E-state index is 7.10. The first-order chi connectivity index (χ1) is 18.1. The van der Waals surface area contributed by atoms with Gasteiger partial charge in [0.2, 0.25) is 12.1 Å². The van der Waals surface area contributed by atoms with Crippen molar-refractivity contribution in [1.29, 1.82) is 0 Å². The summed E-state index contributed by atoms with van der Waals surface area (Å²) in [4.78, 5) is 7.19. The van der Waals surface area contributed by atoms with Crippen molar-refractivity contribution < 1.29 is 18.9 Å². The van der Waals surface area contributed by atoms with Gasteiger partial charge in [0.05, 0.1) is 36.6 Å². The van der Waals surface area contributed by atoms with Crippen molar-refractivity contribution in [2.75, 3.05) is 0 Å². The van der Waals surface area contributed by atoms with E-state index >= 15 is 0 Å². The van der Waals surface area contributed by atoms with Gasteiger partial charge in [-0.3, -0.25) is 0 Å². The SMILES string of the molecule is I.[C-]#[N+]C(C)C[C@H]1CC[C@@H]2OC3C[C@]2(C=C(C)[C@@H]3C)O1.[C-]#[N+][C@H](C)C[C@H]1CC[C@@H]2OC3C[C@]2(C=C(C)[C@@H]3C)O1. The summed E-state index contributed by atoms with van der Waals surface area (Å²) in [7, 11) is 0. The summed E-state index contributed by atoms with van der Waals surface area (Å²) < 4.78 is 25.2. The third-order valence-corrected chi connectivity index (χ3v) is 10.2. The molecule has 39 heavy (non-hydrogen) atoms. The highest BCUT2D eigenvalue weighted by molar-refractivity contribution is 14.0. The van der Waals surface area contributed by atoms with Crippen LogP contribution in [0.5, 0.6) is 0 Å². The second kappa shape index (κ2) is 12.1. The number of halogens is 1. The molecule has 4 saturated heterocycles. The Bertz CT molecular complexity index is 966. The van der Waals surface area contributed by atoms with E-state index in [4.69, 9.17) is 32.1 Å². The molecule has 0 aromatic rings. The number of rotatable bonds is 4. The third kappa shape index (κ3) is 6.00. The van der Waals surface area contributed by atoms with Gasteiger partial charge < -0.3 is 28.6 Å². The van der Waals surface area contributed by atoms with Gasteiger partial charge in [-0.05, 0) is 39.5 Å². The van der Waals surface area contributed by atoms with E-state index in [0.29, 0.717) is 24.0 Å². The molecule has 4 aliphatic heterocycles. The molecule has 3 unspecified atom stereocenters. The van der Waals surface area contributed by atoms with Gasteiger partial charge in [0.15, 0.2) is 0 Å². The van der Waals surface area contributed by atoms with Crippen LogP contribution in [0.25, 0.3) is 9.69 Å². The number of nitrogens with zero attached hydrogens (tertiary/aromatic N) is 2. The Balaban J connectivity index is 0.000000176. The zero-order valence-electron chi connectivity index (χ0n) is 24.5. The molecule has 6 aliphatic rings. The van der Waals surface area contributed by atoms with Crippen molar-refractivity contribution >= 4 is 24.0 Å². The fourth-order valence-electron chi connectivity index (χ4n) is 7.71. The normalized spacial score (nSPS) is 44.9. The van der Waals surface area contributed by atoms with Crippen LogP contribution in [-0.4, -0.2) is 59.9 Å². The number of hydrogen-bond acceptors (Lipinski definition) is 4. The standard InChI is InChI=1S/2C16H23NO2.HI/c2*1-10-8-16-9-14(12(10)3)18-15(16)6-5-13(19-16)7-11(2)17-4;/h2*8,11-15H,5-7,9H2,1-3H3;1H/t11?,12-,13+,14?,15-,16-;11-,12+,13-,14?,15+,16+;/m01./s1. The lowest BCUT2D eigenvalue weighted by atomic mass is 9.77. The Kier molecular flexibility index (Phi) is 9.61. The van der Waals surface area contributed by atoms with Crippen LogP contribution in [0.1, 0.15) is 92.9 Å². The van der Waals surface area contributed by atoms with Crippen molar-refractivity contribution in [2.24, 2.45) is 11.8 Å². The van der Waals surface area contributed by atoms with Crippen molar-refractivity contribution in [3.63, 3.8) is 0 Å². The zero-order chi connectivity index (χ0) is 27.2. The van der Waals surface area contributed by atoms with Crippen molar-refractivity contribution in [2.45, 2.75) is 153 Å². The lowest BCUT2D eigenvalue weighted by Gasteiger charge is -2.41. The highest BCUT2D eigenvalue weighted by atomic mass is 127. The summed E-state index contributed by atoms with van der Waals surface area (Å²) >= 11 is 0. The molecule has 2 spiro atoms. The van der Waals surface area contributed by atoms with Crippen molar-refractivity contribution in [3.05, 3.63) is 46.1 Å². The Labute approximate surface area is 252 Å². The lowest BCUT2D eigenvalue weighted by molar-refractivity contribution is -0.141.